The molecule has 0 aliphatic heterocycles. The lowest BCUT2D eigenvalue weighted by Gasteiger charge is -2.17. The van der Waals surface area contributed by atoms with Crippen LogP contribution in [-0.2, 0) is 9.53 Å². The summed E-state index contributed by atoms with van der Waals surface area (Å²) in [5.74, 6) is -0.529. The van der Waals surface area contributed by atoms with E-state index in [2.05, 4.69) is 22.6 Å². The van der Waals surface area contributed by atoms with Crippen LogP contribution in [0.3, 0.4) is 0 Å². The van der Waals surface area contributed by atoms with Gasteiger partial charge >= 0.3 is 5.97 Å². The fourth-order valence-electron chi connectivity index (χ4n) is 1.82. The van der Waals surface area contributed by atoms with Gasteiger partial charge in [-0.15, -0.1) is 11.3 Å². The van der Waals surface area contributed by atoms with Gasteiger partial charge in [-0.3, -0.25) is 4.79 Å². The van der Waals surface area contributed by atoms with E-state index in [0.717, 1.165) is 14.7 Å². The summed E-state index contributed by atoms with van der Waals surface area (Å²) in [5.41, 5.74) is 0. The molecule has 5 heteroatoms. The molecule has 2 aromatic rings. The normalized spacial score (nSPS) is 13.0. The molecular formula is C16H15IO2S2. The molecule has 1 aromatic carbocycles. The van der Waals surface area contributed by atoms with E-state index in [1.54, 1.807) is 23.1 Å². The van der Waals surface area contributed by atoms with E-state index < -0.39 is 0 Å². The number of carbonyl (C=O) groups excluding carboxylic acids is 1. The third-order valence-corrected chi connectivity index (χ3v) is 5.85. The molecule has 0 aliphatic carbocycles. The molecule has 0 aliphatic rings. The first-order valence-electron chi connectivity index (χ1n) is 6.49. The fourth-order valence-corrected chi connectivity index (χ4v) is 4.42. The number of carbonyl (C=O) groups is 1. The Balaban J connectivity index is 2.28. The average molecular weight is 430 g/mol. The van der Waals surface area contributed by atoms with Crippen LogP contribution >= 0.6 is 45.7 Å². The number of thiophene rings is 1. The average Bonchev–Trinajstić information content (AvgIpc) is 3.02. The van der Waals surface area contributed by atoms with Crippen LogP contribution in [-0.4, -0.2) is 12.6 Å². The van der Waals surface area contributed by atoms with Crippen molar-refractivity contribution >= 4 is 51.7 Å². The Kier molecular flexibility index (Phi) is 6.79. The van der Waals surface area contributed by atoms with Crippen molar-refractivity contribution in [3.05, 3.63) is 61.7 Å². The van der Waals surface area contributed by atoms with Crippen molar-refractivity contribution < 1.29 is 9.53 Å². The summed E-state index contributed by atoms with van der Waals surface area (Å²) in [6.45, 7) is 2.23. The van der Waals surface area contributed by atoms with Gasteiger partial charge in [0.15, 0.2) is 0 Å². The Labute approximate surface area is 146 Å². The molecule has 0 saturated heterocycles. The van der Waals surface area contributed by atoms with Crippen LogP contribution in [0.25, 0.3) is 0 Å². The van der Waals surface area contributed by atoms with E-state index in [4.69, 9.17) is 4.74 Å². The Morgan fingerprint density at radius 2 is 2.10 bits per heavy atom. The Bertz CT molecular complexity index is 594. The second kappa shape index (κ2) is 8.60. The minimum Gasteiger partial charge on any atom is -0.465 e. The minimum atomic E-state index is -0.341. The molecule has 0 amide bonds. The molecule has 0 N–H and O–H groups in total. The number of rotatable bonds is 6. The highest BCUT2D eigenvalue weighted by Gasteiger charge is 2.27. The van der Waals surface area contributed by atoms with Crippen LogP contribution in [0.15, 0.2) is 61.7 Å². The van der Waals surface area contributed by atoms with Crippen molar-refractivity contribution in [3.63, 3.8) is 0 Å². The van der Waals surface area contributed by atoms with Crippen LogP contribution in [0.1, 0.15) is 17.7 Å². The first-order chi connectivity index (χ1) is 10.3. The standard InChI is InChI=1S/C16H15IO2S2/c1-2-19-16(18)15(13-9-6-10-20-13)14(11-17)21-12-7-4-3-5-8-12/h3-11,15H,2H2,1H3/b14-11-. The van der Waals surface area contributed by atoms with Crippen molar-refractivity contribution in [2.75, 3.05) is 6.61 Å². The van der Waals surface area contributed by atoms with Gasteiger partial charge in [-0.05, 0) is 34.6 Å². The Morgan fingerprint density at radius 3 is 2.67 bits per heavy atom. The molecule has 1 aromatic heterocycles. The van der Waals surface area contributed by atoms with Crippen LogP contribution in [0.5, 0.6) is 0 Å². The van der Waals surface area contributed by atoms with Gasteiger partial charge < -0.3 is 4.74 Å². The van der Waals surface area contributed by atoms with Gasteiger partial charge in [0.05, 0.1) is 6.61 Å². The summed E-state index contributed by atoms with van der Waals surface area (Å²) in [4.78, 5) is 15.5. The molecule has 0 spiro atoms. The topological polar surface area (TPSA) is 26.3 Å². The van der Waals surface area contributed by atoms with Crippen molar-refractivity contribution in [3.8, 4) is 0 Å². The number of thioether (sulfide) groups is 1. The van der Waals surface area contributed by atoms with Gasteiger partial charge in [-0.2, -0.15) is 0 Å². The second-order valence-corrected chi connectivity index (χ2v) is 6.88. The third-order valence-electron chi connectivity index (χ3n) is 2.72. The summed E-state index contributed by atoms with van der Waals surface area (Å²) in [6, 6.07) is 14.0. The summed E-state index contributed by atoms with van der Waals surface area (Å²) in [7, 11) is 0. The third kappa shape index (κ3) is 4.59. The van der Waals surface area contributed by atoms with Crippen molar-refractivity contribution in [2.45, 2.75) is 17.7 Å². The molecule has 2 rings (SSSR count). The number of halogens is 1. The monoisotopic (exact) mass is 430 g/mol. The number of ether oxygens (including phenoxy) is 1. The van der Waals surface area contributed by atoms with E-state index in [1.165, 1.54) is 0 Å². The maximum Gasteiger partial charge on any atom is 0.319 e. The molecule has 1 heterocycles. The molecule has 2 nitrogen and oxygen atoms in total. The lowest BCUT2D eigenvalue weighted by molar-refractivity contribution is -0.143. The van der Waals surface area contributed by atoms with Crippen LogP contribution in [0.2, 0.25) is 0 Å². The molecule has 0 radical (unpaired) electrons. The molecule has 0 fully saturated rings. The van der Waals surface area contributed by atoms with Crippen LogP contribution < -0.4 is 0 Å². The van der Waals surface area contributed by atoms with Crippen molar-refractivity contribution in [1.82, 2.24) is 0 Å². The quantitative estimate of drug-likeness (QED) is 0.346. The molecule has 1 atom stereocenters. The first-order valence-corrected chi connectivity index (χ1v) is 9.43. The Hall–Kier alpha value is -0.790. The van der Waals surface area contributed by atoms with Crippen molar-refractivity contribution in [1.29, 1.82) is 0 Å². The molecule has 21 heavy (non-hydrogen) atoms. The zero-order chi connectivity index (χ0) is 15.1. The SMILES string of the molecule is CCOC(=O)C(/C(=C/I)Sc1ccccc1)c1cccs1. The predicted molar refractivity (Wildman–Crippen MR) is 98.1 cm³/mol. The fraction of sp³-hybridized carbons (Fsp3) is 0.188. The molecule has 0 bridgehead atoms. The molecule has 110 valence electrons. The summed E-state index contributed by atoms with van der Waals surface area (Å²) in [5, 5.41) is 1.99. The van der Waals surface area contributed by atoms with E-state index >= 15 is 0 Å². The second-order valence-electron chi connectivity index (χ2n) is 4.13. The van der Waals surface area contributed by atoms with Crippen LogP contribution in [0, 0.1) is 0 Å². The highest BCUT2D eigenvalue weighted by atomic mass is 127. The molecular weight excluding hydrogens is 415 g/mol. The highest BCUT2D eigenvalue weighted by molar-refractivity contribution is 14.1. The Morgan fingerprint density at radius 1 is 1.33 bits per heavy atom. The minimum absolute atomic E-state index is 0.189. The number of hydrogen-bond acceptors (Lipinski definition) is 4. The van der Waals surface area contributed by atoms with E-state index in [-0.39, 0.29) is 11.9 Å². The van der Waals surface area contributed by atoms with Gasteiger partial charge in [-0.1, -0.05) is 58.6 Å². The lowest BCUT2D eigenvalue weighted by Crippen LogP contribution is -2.16. The molecule has 1 unspecified atom stereocenters. The van der Waals surface area contributed by atoms with Gasteiger partial charge in [0.25, 0.3) is 0 Å². The van der Waals surface area contributed by atoms with E-state index in [9.17, 15) is 4.79 Å². The van der Waals surface area contributed by atoms with Gasteiger partial charge in [-0.25, -0.2) is 0 Å². The smallest absolute Gasteiger partial charge is 0.319 e. The maximum absolute atomic E-state index is 12.4. The first kappa shape index (κ1) is 16.6. The number of benzene rings is 1. The van der Waals surface area contributed by atoms with E-state index in [1.807, 2.05) is 58.9 Å². The van der Waals surface area contributed by atoms with Gasteiger partial charge in [0.2, 0.25) is 0 Å². The van der Waals surface area contributed by atoms with Gasteiger partial charge in [0.1, 0.15) is 5.92 Å². The van der Waals surface area contributed by atoms with Crippen molar-refractivity contribution in [2.24, 2.45) is 0 Å². The number of esters is 1. The molecule has 0 saturated carbocycles. The zero-order valence-electron chi connectivity index (χ0n) is 11.5. The summed E-state index contributed by atoms with van der Waals surface area (Å²) in [6.07, 6.45) is 0. The van der Waals surface area contributed by atoms with E-state index in [0.29, 0.717) is 6.61 Å². The van der Waals surface area contributed by atoms with Gasteiger partial charge in [0, 0.05) is 14.7 Å². The number of hydrogen-bond donors (Lipinski definition) is 0. The summed E-state index contributed by atoms with van der Waals surface area (Å²) < 4.78 is 7.23. The van der Waals surface area contributed by atoms with Crippen LogP contribution in [0.4, 0.5) is 0 Å². The maximum atomic E-state index is 12.4. The predicted octanol–water partition coefficient (Wildman–Crippen LogP) is 5.46. The highest BCUT2D eigenvalue weighted by Crippen LogP contribution is 2.40. The summed E-state index contributed by atoms with van der Waals surface area (Å²) >= 11 is 5.38. The lowest BCUT2D eigenvalue weighted by atomic mass is 10.1. The largest absolute Gasteiger partial charge is 0.465 e. The zero-order valence-corrected chi connectivity index (χ0v) is 15.3.